The van der Waals surface area contributed by atoms with Crippen molar-refractivity contribution >= 4 is 40.5 Å². The zero-order valence-corrected chi connectivity index (χ0v) is 26.2. The monoisotopic (exact) mass is 634 g/mol. The number of benzene rings is 3. The minimum absolute atomic E-state index is 0.123. The van der Waals surface area contributed by atoms with Crippen LogP contribution < -0.4 is 20.2 Å². The summed E-state index contributed by atoms with van der Waals surface area (Å²) in [4.78, 5) is 32.5. The summed E-state index contributed by atoms with van der Waals surface area (Å²) in [6.07, 6.45) is 0. The number of para-hydroxylation sites is 1. The predicted molar refractivity (Wildman–Crippen MR) is 170 cm³/mol. The van der Waals surface area contributed by atoms with Crippen LogP contribution in [0.25, 0.3) is 11.3 Å². The number of piperazine rings is 1. The molecule has 0 radical (unpaired) electrons. The molecular weight excluding hydrogens is 600 g/mol. The third-order valence-electron chi connectivity index (χ3n) is 7.63. The van der Waals surface area contributed by atoms with Crippen LogP contribution in [0.15, 0.2) is 65.2 Å². The number of nitrogens with zero attached hydrogens (tertiary/aromatic N) is 4. The van der Waals surface area contributed by atoms with Gasteiger partial charge in [-0.15, -0.1) is 0 Å². The quantitative estimate of drug-likeness (QED) is 0.233. The van der Waals surface area contributed by atoms with E-state index < -0.39 is 11.1 Å². The number of hydrogen-bond donors (Lipinski definition) is 3. The van der Waals surface area contributed by atoms with Crippen LogP contribution in [0.4, 0.5) is 17.1 Å². The topological polar surface area (TPSA) is 139 Å². The van der Waals surface area contributed by atoms with Gasteiger partial charge in [0.25, 0.3) is 11.8 Å². The van der Waals surface area contributed by atoms with Crippen LogP contribution in [-0.4, -0.2) is 79.4 Å². The van der Waals surface area contributed by atoms with Gasteiger partial charge in [-0.2, -0.15) is 5.23 Å². The van der Waals surface area contributed by atoms with Gasteiger partial charge in [-0.1, -0.05) is 41.0 Å². The Morgan fingerprint density at radius 2 is 1.80 bits per heavy atom. The zero-order chi connectivity index (χ0) is 32.2. The molecule has 0 bridgehead atoms. The number of carbonyl (C=O) groups excluding carboxylic acids is 2. The van der Waals surface area contributed by atoms with E-state index in [1.807, 2.05) is 54.2 Å². The SMILES string of the molecule is COc1ccccc1-c1noc(C)c1C(=O)N1CCN(c2cc(NC(=O)c3ccc(CN(C)C)cc3)c([NH+]([O-])O)cc2Cl)CC1. The van der Waals surface area contributed by atoms with Crippen LogP contribution in [0, 0.1) is 12.1 Å². The molecule has 13 heteroatoms. The second-order valence-corrected chi connectivity index (χ2v) is 11.4. The summed E-state index contributed by atoms with van der Waals surface area (Å²) in [6, 6.07) is 17.4. The number of hydrogen-bond acceptors (Lipinski definition) is 9. The number of aromatic nitrogens is 1. The maximum absolute atomic E-state index is 13.7. The molecule has 4 aromatic rings. The number of halogens is 1. The number of anilines is 2. The lowest BCUT2D eigenvalue weighted by molar-refractivity contribution is -0.990. The molecule has 5 rings (SSSR count). The number of nitrogens with one attached hydrogen (secondary N) is 2. The van der Waals surface area contributed by atoms with Gasteiger partial charge in [0, 0.05) is 49.9 Å². The molecule has 236 valence electrons. The molecule has 0 spiro atoms. The van der Waals surface area contributed by atoms with Gasteiger partial charge in [0.1, 0.15) is 28.5 Å². The Morgan fingerprint density at radius 1 is 1.11 bits per heavy atom. The number of rotatable bonds is 9. The largest absolute Gasteiger partial charge is 0.595 e. The number of amides is 2. The minimum atomic E-state index is -1.22. The van der Waals surface area contributed by atoms with E-state index in [0.29, 0.717) is 65.8 Å². The summed E-state index contributed by atoms with van der Waals surface area (Å²) >= 11 is 6.57. The minimum Gasteiger partial charge on any atom is -0.595 e. The molecule has 0 saturated carbocycles. The number of quaternary nitrogens is 1. The molecule has 45 heavy (non-hydrogen) atoms. The summed E-state index contributed by atoms with van der Waals surface area (Å²) in [6.45, 7) is 4.01. The smallest absolute Gasteiger partial charge is 0.259 e. The first-order valence-electron chi connectivity index (χ1n) is 14.3. The summed E-state index contributed by atoms with van der Waals surface area (Å²) in [7, 11) is 5.48. The molecule has 1 aromatic heterocycles. The number of methoxy groups -OCH3 is 1. The lowest BCUT2D eigenvalue weighted by atomic mass is 10.0. The van der Waals surface area contributed by atoms with Crippen molar-refractivity contribution in [3.8, 4) is 17.0 Å². The van der Waals surface area contributed by atoms with Crippen molar-refractivity contribution < 1.29 is 29.3 Å². The van der Waals surface area contributed by atoms with Crippen LogP contribution in [0.1, 0.15) is 32.0 Å². The molecule has 2 heterocycles. The zero-order valence-electron chi connectivity index (χ0n) is 25.5. The Balaban J connectivity index is 1.33. The average molecular weight is 635 g/mol. The molecule has 1 saturated heterocycles. The lowest BCUT2D eigenvalue weighted by Crippen LogP contribution is -2.99. The average Bonchev–Trinajstić information content (AvgIpc) is 3.42. The number of aryl methyl sites for hydroxylation is 1. The molecule has 1 fully saturated rings. The van der Waals surface area contributed by atoms with Crippen molar-refractivity contribution in [1.82, 2.24) is 15.0 Å². The maximum Gasteiger partial charge on any atom is 0.259 e. The maximum atomic E-state index is 13.7. The summed E-state index contributed by atoms with van der Waals surface area (Å²) in [5.41, 5.74) is 3.45. The van der Waals surface area contributed by atoms with E-state index in [2.05, 4.69) is 10.5 Å². The molecule has 2 amide bonds. The van der Waals surface area contributed by atoms with E-state index in [4.69, 9.17) is 20.9 Å². The van der Waals surface area contributed by atoms with Crippen molar-refractivity contribution in [1.29, 1.82) is 0 Å². The molecule has 1 aliphatic heterocycles. The van der Waals surface area contributed by atoms with E-state index in [9.17, 15) is 20.0 Å². The van der Waals surface area contributed by atoms with E-state index in [-0.39, 0.29) is 22.3 Å². The van der Waals surface area contributed by atoms with Crippen LogP contribution in [0.3, 0.4) is 0 Å². The third-order valence-corrected chi connectivity index (χ3v) is 7.93. The highest BCUT2D eigenvalue weighted by atomic mass is 35.5. The Labute approximate surface area is 265 Å². The van der Waals surface area contributed by atoms with Crippen LogP contribution in [0.5, 0.6) is 5.75 Å². The van der Waals surface area contributed by atoms with E-state index in [0.717, 1.165) is 12.1 Å². The van der Waals surface area contributed by atoms with Crippen molar-refractivity contribution in [3.05, 3.63) is 93.3 Å². The van der Waals surface area contributed by atoms with Crippen LogP contribution >= 0.6 is 11.6 Å². The lowest BCUT2D eigenvalue weighted by Gasteiger charge is -2.36. The van der Waals surface area contributed by atoms with Gasteiger partial charge >= 0.3 is 0 Å². The molecule has 0 aliphatic carbocycles. The van der Waals surface area contributed by atoms with Crippen LogP contribution in [-0.2, 0) is 6.54 Å². The number of ether oxygens (including phenoxy) is 1. The molecule has 1 atom stereocenters. The van der Waals surface area contributed by atoms with Gasteiger partial charge in [0.05, 0.1) is 17.8 Å². The van der Waals surface area contributed by atoms with Gasteiger partial charge < -0.3 is 34.5 Å². The van der Waals surface area contributed by atoms with Gasteiger partial charge in [-0.3, -0.25) is 9.59 Å². The van der Waals surface area contributed by atoms with E-state index in [1.54, 1.807) is 43.2 Å². The fourth-order valence-electron chi connectivity index (χ4n) is 5.36. The Morgan fingerprint density at radius 3 is 2.44 bits per heavy atom. The first kappa shape index (κ1) is 31.9. The third kappa shape index (κ3) is 6.95. The predicted octanol–water partition coefficient (Wildman–Crippen LogP) is 3.99. The van der Waals surface area contributed by atoms with E-state index >= 15 is 0 Å². The van der Waals surface area contributed by atoms with Crippen molar-refractivity contribution in [2.45, 2.75) is 13.5 Å². The van der Waals surface area contributed by atoms with Crippen molar-refractivity contribution in [3.63, 3.8) is 0 Å². The molecule has 12 nitrogen and oxygen atoms in total. The van der Waals surface area contributed by atoms with Gasteiger partial charge in [0.15, 0.2) is 5.69 Å². The molecular formula is C32H35ClN6O6. The molecule has 3 aromatic carbocycles. The first-order valence-corrected chi connectivity index (χ1v) is 14.7. The fraction of sp³-hybridized carbons (Fsp3) is 0.281. The van der Waals surface area contributed by atoms with Gasteiger partial charge in [0.2, 0.25) is 0 Å². The second kappa shape index (κ2) is 13.7. The Bertz CT molecular complexity index is 1680. The van der Waals surface area contributed by atoms with Crippen molar-refractivity contribution in [2.75, 3.05) is 57.6 Å². The van der Waals surface area contributed by atoms with Gasteiger partial charge in [-0.25, -0.2) is 5.21 Å². The van der Waals surface area contributed by atoms with E-state index in [1.165, 1.54) is 6.07 Å². The molecule has 3 N–H and O–H groups in total. The summed E-state index contributed by atoms with van der Waals surface area (Å²) < 4.78 is 10.9. The first-order chi connectivity index (χ1) is 21.6. The highest BCUT2D eigenvalue weighted by Crippen LogP contribution is 2.36. The number of carbonyl (C=O) groups is 2. The highest BCUT2D eigenvalue weighted by molar-refractivity contribution is 6.33. The Hall–Kier alpha value is -4.46. The normalized spacial score (nSPS) is 14.0. The Kier molecular flexibility index (Phi) is 9.71. The molecule has 1 unspecified atom stereocenters. The van der Waals surface area contributed by atoms with Crippen LogP contribution in [0.2, 0.25) is 5.02 Å². The summed E-state index contributed by atoms with van der Waals surface area (Å²) in [5.74, 6) is 0.329. The van der Waals surface area contributed by atoms with Crippen molar-refractivity contribution in [2.24, 2.45) is 0 Å². The molecule has 1 aliphatic rings. The highest BCUT2D eigenvalue weighted by Gasteiger charge is 2.31. The van der Waals surface area contributed by atoms with Gasteiger partial charge in [-0.05, 0) is 56.9 Å². The second-order valence-electron chi connectivity index (χ2n) is 11.0. The standard InChI is InChI=1S/C32H35ClN6O6/c1-20-29(30(35-45-20)23-7-5-6-8-28(23)44-4)32(41)38-15-13-37(14-16-38)26-18-25(27(39(42)43)17-24(26)33)34-31(40)22-11-9-21(10-12-22)19-36(2)3/h5-12,17-18,39,42H,13-16,19H2,1-4H3,(H,34,40). The fourth-order valence-corrected chi connectivity index (χ4v) is 5.65. The summed E-state index contributed by atoms with van der Waals surface area (Å²) in [5, 5.41) is 27.8.